The van der Waals surface area contributed by atoms with Crippen molar-refractivity contribution in [2.24, 2.45) is 0 Å². The Morgan fingerprint density at radius 2 is 1.52 bits per heavy atom. The summed E-state index contributed by atoms with van der Waals surface area (Å²) in [5.41, 5.74) is 10.4. The van der Waals surface area contributed by atoms with Crippen LogP contribution in [0.5, 0.6) is 0 Å². The summed E-state index contributed by atoms with van der Waals surface area (Å²) in [6.45, 7) is 4.75. The third kappa shape index (κ3) is 3.30. The van der Waals surface area contributed by atoms with E-state index < -0.39 is 0 Å². The first-order chi connectivity index (χ1) is 16.1. The molecule has 0 N–H and O–H groups in total. The van der Waals surface area contributed by atoms with Crippen molar-refractivity contribution in [3.63, 3.8) is 0 Å². The Bertz CT molecular complexity index is 1210. The predicted molar refractivity (Wildman–Crippen MR) is 132 cm³/mol. The Morgan fingerprint density at radius 1 is 0.879 bits per heavy atom. The number of carbonyl (C=O) groups is 1. The molecule has 0 radical (unpaired) electrons. The van der Waals surface area contributed by atoms with E-state index in [1.54, 1.807) is 0 Å². The van der Waals surface area contributed by atoms with Crippen molar-refractivity contribution in [2.75, 3.05) is 6.61 Å². The topological polar surface area (TPSA) is 29.5 Å². The van der Waals surface area contributed by atoms with Crippen molar-refractivity contribution >= 4 is 11.7 Å². The highest BCUT2D eigenvalue weighted by Crippen LogP contribution is 2.45. The van der Waals surface area contributed by atoms with Gasteiger partial charge < -0.3 is 4.74 Å². The molecule has 3 heteroatoms. The number of benzene rings is 3. The SMILES string of the molecule is Cc1cccc(C)c1C1=CC2CCC(C1)N2C(=O)OCC1c2ccccc2-c2ccccc21. The molecule has 3 nitrogen and oxygen atoms in total. The third-order valence-electron chi connectivity index (χ3n) is 7.74. The number of aryl methyl sites for hydroxylation is 2. The average molecular weight is 436 g/mol. The van der Waals surface area contributed by atoms with Crippen LogP contribution in [-0.2, 0) is 4.74 Å². The van der Waals surface area contributed by atoms with Gasteiger partial charge in [-0.3, -0.25) is 4.90 Å². The fraction of sp³-hybridized carbons (Fsp3) is 0.300. The molecule has 1 fully saturated rings. The van der Waals surface area contributed by atoms with Gasteiger partial charge in [-0.2, -0.15) is 0 Å². The maximum Gasteiger partial charge on any atom is 0.410 e. The van der Waals surface area contributed by atoms with Crippen molar-refractivity contribution in [1.82, 2.24) is 4.90 Å². The van der Waals surface area contributed by atoms with Crippen LogP contribution in [0.1, 0.15) is 53.0 Å². The first-order valence-corrected chi connectivity index (χ1v) is 12.0. The predicted octanol–water partition coefficient (Wildman–Crippen LogP) is 6.87. The van der Waals surface area contributed by atoms with Gasteiger partial charge in [-0.1, -0.05) is 72.8 Å². The van der Waals surface area contributed by atoms with Crippen LogP contribution < -0.4 is 0 Å². The van der Waals surface area contributed by atoms with Crippen molar-refractivity contribution in [3.05, 3.63) is 101 Å². The second-order valence-electron chi connectivity index (χ2n) is 9.67. The molecule has 1 amide bonds. The van der Waals surface area contributed by atoms with Crippen LogP contribution in [0.15, 0.2) is 72.8 Å². The van der Waals surface area contributed by atoms with Crippen LogP contribution in [0.4, 0.5) is 4.79 Å². The number of hydrogen-bond donors (Lipinski definition) is 0. The molecule has 6 rings (SSSR count). The Labute approximate surface area is 195 Å². The molecule has 2 unspecified atom stereocenters. The number of amides is 1. The number of fused-ring (bicyclic) bond motifs is 5. The second-order valence-corrected chi connectivity index (χ2v) is 9.67. The standard InChI is InChI=1S/C30H29NO2/c1-19-8-7-9-20(2)29(19)21-16-22-14-15-23(17-21)31(22)30(32)33-18-28-26-12-5-3-10-24(26)25-11-4-6-13-27(25)28/h3-13,16,22-23,28H,14-15,17-18H2,1-2H3. The fourth-order valence-corrected chi connectivity index (χ4v) is 6.29. The zero-order valence-corrected chi connectivity index (χ0v) is 19.3. The van der Waals surface area contributed by atoms with Gasteiger partial charge in [0, 0.05) is 12.0 Å². The third-order valence-corrected chi connectivity index (χ3v) is 7.74. The number of nitrogens with zero attached hydrogens (tertiary/aromatic N) is 1. The van der Waals surface area contributed by atoms with Gasteiger partial charge in [0.2, 0.25) is 0 Å². The van der Waals surface area contributed by atoms with E-state index in [-0.39, 0.29) is 24.1 Å². The van der Waals surface area contributed by atoms with Crippen molar-refractivity contribution in [1.29, 1.82) is 0 Å². The summed E-state index contributed by atoms with van der Waals surface area (Å²) in [6, 6.07) is 23.8. The quantitative estimate of drug-likeness (QED) is 0.449. The van der Waals surface area contributed by atoms with Crippen LogP contribution in [0.2, 0.25) is 0 Å². The highest BCUT2D eigenvalue weighted by atomic mass is 16.6. The molecule has 1 saturated heterocycles. The van der Waals surface area contributed by atoms with Gasteiger partial charge in [-0.05, 0) is 77.6 Å². The van der Waals surface area contributed by atoms with Crippen LogP contribution in [0, 0.1) is 13.8 Å². The largest absolute Gasteiger partial charge is 0.448 e. The summed E-state index contributed by atoms with van der Waals surface area (Å²) in [7, 11) is 0. The Hall–Kier alpha value is -3.33. The molecule has 3 aromatic rings. The summed E-state index contributed by atoms with van der Waals surface area (Å²) in [6.07, 6.45) is 5.12. The van der Waals surface area contributed by atoms with Gasteiger partial charge in [0.05, 0.1) is 6.04 Å². The molecular weight excluding hydrogens is 406 g/mol. The van der Waals surface area contributed by atoms with E-state index in [9.17, 15) is 4.79 Å². The summed E-state index contributed by atoms with van der Waals surface area (Å²) in [4.78, 5) is 15.3. The molecule has 0 saturated carbocycles. The van der Waals surface area contributed by atoms with Gasteiger partial charge in [-0.15, -0.1) is 0 Å². The Balaban J connectivity index is 1.22. The monoisotopic (exact) mass is 435 g/mol. The number of ether oxygens (including phenoxy) is 1. The van der Waals surface area contributed by atoms with E-state index in [0.717, 1.165) is 19.3 Å². The van der Waals surface area contributed by atoms with Crippen molar-refractivity contribution < 1.29 is 9.53 Å². The van der Waals surface area contributed by atoms with Crippen molar-refractivity contribution in [3.8, 4) is 11.1 Å². The highest BCUT2D eigenvalue weighted by Gasteiger charge is 2.41. The summed E-state index contributed by atoms with van der Waals surface area (Å²) < 4.78 is 6.01. The van der Waals surface area contributed by atoms with Crippen LogP contribution in [0.3, 0.4) is 0 Å². The van der Waals surface area contributed by atoms with E-state index in [1.807, 2.05) is 4.90 Å². The minimum Gasteiger partial charge on any atom is -0.448 e. The molecule has 0 aromatic heterocycles. The first kappa shape index (κ1) is 20.3. The molecular formula is C30H29NO2. The Kier molecular flexibility index (Phi) is 4.86. The molecule has 3 aliphatic rings. The van der Waals surface area contributed by atoms with E-state index in [2.05, 4.69) is 86.7 Å². The van der Waals surface area contributed by atoms with Gasteiger partial charge in [0.1, 0.15) is 6.61 Å². The normalized spacial score (nSPS) is 20.9. The van der Waals surface area contributed by atoms with Crippen LogP contribution >= 0.6 is 0 Å². The molecule has 33 heavy (non-hydrogen) atoms. The second kappa shape index (κ2) is 7.91. The lowest BCUT2D eigenvalue weighted by Crippen LogP contribution is -2.43. The van der Waals surface area contributed by atoms with E-state index >= 15 is 0 Å². The molecule has 1 aliphatic carbocycles. The molecule has 166 valence electrons. The van der Waals surface area contributed by atoms with Crippen LogP contribution in [-0.4, -0.2) is 29.7 Å². The minimum atomic E-state index is -0.166. The van der Waals surface area contributed by atoms with Gasteiger partial charge in [0.25, 0.3) is 0 Å². The highest BCUT2D eigenvalue weighted by molar-refractivity contribution is 5.80. The van der Waals surface area contributed by atoms with Gasteiger partial charge in [-0.25, -0.2) is 4.79 Å². The summed E-state index contributed by atoms with van der Waals surface area (Å²) >= 11 is 0. The fourth-order valence-electron chi connectivity index (χ4n) is 6.29. The molecule has 2 bridgehead atoms. The maximum absolute atomic E-state index is 13.3. The minimum absolute atomic E-state index is 0.101. The number of carbonyl (C=O) groups excluding carboxylic acids is 1. The zero-order valence-electron chi connectivity index (χ0n) is 19.3. The molecule has 2 atom stereocenters. The van der Waals surface area contributed by atoms with E-state index in [1.165, 1.54) is 44.5 Å². The van der Waals surface area contributed by atoms with E-state index in [0.29, 0.717) is 6.61 Å². The lowest BCUT2D eigenvalue weighted by atomic mass is 9.89. The zero-order chi connectivity index (χ0) is 22.5. The molecule has 2 heterocycles. The molecule has 0 spiro atoms. The maximum atomic E-state index is 13.3. The molecule has 3 aromatic carbocycles. The average Bonchev–Trinajstić information content (AvgIpc) is 3.28. The molecule has 2 aliphatic heterocycles. The lowest BCUT2D eigenvalue weighted by molar-refractivity contribution is 0.0866. The van der Waals surface area contributed by atoms with Gasteiger partial charge in [0.15, 0.2) is 0 Å². The lowest BCUT2D eigenvalue weighted by Gasteiger charge is -2.34. The van der Waals surface area contributed by atoms with Crippen LogP contribution in [0.25, 0.3) is 16.7 Å². The van der Waals surface area contributed by atoms with Crippen molar-refractivity contribution in [2.45, 2.75) is 51.1 Å². The van der Waals surface area contributed by atoms with E-state index in [4.69, 9.17) is 4.74 Å². The number of hydrogen-bond acceptors (Lipinski definition) is 2. The first-order valence-electron chi connectivity index (χ1n) is 12.0. The van der Waals surface area contributed by atoms with Gasteiger partial charge >= 0.3 is 6.09 Å². The smallest absolute Gasteiger partial charge is 0.410 e. The summed E-state index contributed by atoms with van der Waals surface area (Å²) in [5, 5.41) is 0. The number of rotatable bonds is 3. The Morgan fingerprint density at radius 3 is 2.15 bits per heavy atom. The summed E-state index contributed by atoms with van der Waals surface area (Å²) in [5.74, 6) is 0.101.